The number of hydrogen-bond acceptors (Lipinski definition) is 5. The summed E-state index contributed by atoms with van der Waals surface area (Å²) < 4.78 is 38.6. The molecule has 0 atom stereocenters. The molecule has 0 spiro atoms. The summed E-state index contributed by atoms with van der Waals surface area (Å²) in [6, 6.07) is 14.3. The molecule has 0 fully saturated rings. The summed E-state index contributed by atoms with van der Waals surface area (Å²) in [5.74, 6) is 0.647. The van der Waals surface area contributed by atoms with Gasteiger partial charge < -0.3 is 9.47 Å². The highest BCUT2D eigenvalue weighted by atomic mass is 32.2. The van der Waals surface area contributed by atoms with Crippen LogP contribution in [-0.4, -0.2) is 27.6 Å². The summed E-state index contributed by atoms with van der Waals surface area (Å²) in [5, 5.41) is 0. The molecule has 0 aliphatic rings. The fraction of sp³-hybridized carbons (Fsp3) is 0.150. The molecule has 1 heterocycles. The molecule has 1 N–H and O–H groups in total. The number of aromatic nitrogens is 1. The lowest BCUT2D eigenvalue weighted by Gasteiger charge is -2.13. The second-order valence-corrected chi connectivity index (χ2v) is 7.60. The summed E-state index contributed by atoms with van der Waals surface area (Å²) in [6.07, 6.45) is 3.15. The minimum Gasteiger partial charge on any atom is -0.497 e. The van der Waals surface area contributed by atoms with Gasteiger partial charge in [-0.3, -0.25) is 9.71 Å². The van der Waals surface area contributed by atoms with Gasteiger partial charge in [-0.2, -0.15) is 0 Å². The third kappa shape index (κ3) is 4.20. The number of aryl methyl sites for hydroxylation is 1. The average Bonchev–Trinajstić information content (AvgIpc) is 2.68. The Bertz CT molecular complexity index is 1050. The summed E-state index contributed by atoms with van der Waals surface area (Å²) in [4.78, 5) is 4.15. The number of sulfonamides is 1. The molecule has 0 aliphatic heterocycles. The fourth-order valence-electron chi connectivity index (χ4n) is 2.60. The van der Waals surface area contributed by atoms with Crippen LogP contribution in [0, 0.1) is 6.92 Å². The van der Waals surface area contributed by atoms with E-state index in [2.05, 4.69) is 9.71 Å². The molecule has 0 amide bonds. The van der Waals surface area contributed by atoms with Crippen molar-refractivity contribution in [1.82, 2.24) is 4.98 Å². The van der Waals surface area contributed by atoms with E-state index in [9.17, 15) is 8.42 Å². The molecule has 2 aromatic carbocycles. The highest BCUT2D eigenvalue weighted by Crippen LogP contribution is 2.30. The van der Waals surface area contributed by atoms with E-state index in [4.69, 9.17) is 9.47 Å². The monoisotopic (exact) mass is 384 g/mol. The maximum absolute atomic E-state index is 12.9. The first-order valence-corrected chi connectivity index (χ1v) is 9.68. The average molecular weight is 384 g/mol. The van der Waals surface area contributed by atoms with Crippen LogP contribution in [0.1, 0.15) is 5.56 Å². The van der Waals surface area contributed by atoms with Gasteiger partial charge in [0, 0.05) is 17.8 Å². The largest absolute Gasteiger partial charge is 0.497 e. The molecule has 7 heteroatoms. The molecule has 140 valence electrons. The Kier molecular flexibility index (Phi) is 5.32. The van der Waals surface area contributed by atoms with Crippen molar-refractivity contribution in [2.45, 2.75) is 11.8 Å². The van der Waals surface area contributed by atoms with Gasteiger partial charge in [0.05, 0.1) is 26.1 Å². The van der Waals surface area contributed by atoms with Gasteiger partial charge >= 0.3 is 0 Å². The Morgan fingerprint density at radius 3 is 2.30 bits per heavy atom. The minimum atomic E-state index is -3.89. The maximum Gasteiger partial charge on any atom is 0.265 e. The van der Waals surface area contributed by atoms with E-state index in [0.717, 1.165) is 16.7 Å². The number of nitrogens with zero attached hydrogens (tertiary/aromatic N) is 1. The standard InChI is InChI=1S/C20H20N2O4S/c1-14-4-6-15(7-5-14)16-10-17(13-21-12-16)22-27(23,24)20-11-18(25-2)8-9-19(20)26-3/h4-13,22H,1-3H3. The van der Waals surface area contributed by atoms with Crippen LogP contribution in [0.15, 0.2) is 65.8 Å². The number of benzene rings is 2. The Balaban J connectivity index is 1.95. The van der Waals surface area contributed by atoms with Crippen LogP contribution in [-0.2, 0) is 10.0 Å². The van der Waals surface area contributed by atoms with Crippen LogP contribution >= 0.6 is 0 Å². The second kappa shape index (κ2) is 7.67. The first-order chi connectivity index (χ1) is 12.9. The molecule has 0 saturated heterocycles. The van der Waals surface area contributed by atoms with Crippen molar-refractivity contribution in [2.75, 3.05) is 18.9 Å². The van der Waals surface area contributed by atoms with Crippen LogP contribution in [0.25, 0.3) is 11.1 Å². The SMILES string of the molecule is COc1ccc(OC)c(S(=O)(=O)Nc2cncc(-c3ccc(C)cc3)c2)c1. The van der Waals surface area contributed by atoms with Gasteiger partial charge in [-0.15, -0.1) is 0 Å². The summed E-state index contributed by atoms with van der Waals surface area (Å²) in [5.41, 5.74) is 3.27. The molecule has 1 aromatic heterocycles. The van der Waals surface area contributed by atoms with Crippen LogP contribution in [0.5, 0.6) is 11.5 Å². The Hall–Kier alpha value is -3.06. The number of nitrogens with one attached hydrogen (secondary N) is 1. The van der Waals surface area contributed by atoms with E-state index in [0.29, 0.717) is 11.4 Å². The van der Waals surface area contributed by atoms with E-state index < -0.39 is 10.0 Å². The van der Waals surface area contributed by atoms with Gasteiger partial charge in [0.2, 0.25) is 0 Å². The molecule has 0 bridgehead atoms. The van der Waals surface area contributed by atoms with Gasteiger partial charge in [0.25, 0.3) is 10.0 Å². The van der Waals surface area contributed by atoms with E-state index in [1.165, 1.54) is 26.5 Å². The van der Waals surface area contributed by atoms with Gasteiger partial charge in [-0.1, -0.05) is 29.8 Å². The third-order valence-corrected chi connectivity index (χ3v) is 5.44. The quantitative estimate of drug-likeness (QED) is 0.698. The molecule has 0 radical (unpaired) electrons. The maximum atomic E-state index is 12.9. The lowest BCUT2D eigenvalue weighted by atomic mass is 10.1. The number of methoxy groups -OCH3 is 2. The number of rotatable bonds is 6. The smallest absolute Gasteiger partial charge is 0.265 e. The van der Waals surface area contributed by atoms with E-state index in [1.807, 2.05) is 31.2 Å². The van der Waals surface area contributed by atoms with Gasteiger partial charge in [0.1, 0.15) is 16.4 Å². The topological polar surface area (TPSA) is 77.5 Å². The van der Waals surface area contributed by atoms with Crippen LogP contribution < -0.4 is 14.2 Å². The predicted octanol–water partition coefficient (Wildman–Crippen LogP) is 3.88. The zero-order valence-electron chi connectivity index (χ0n) is 15.3. The number of pyridine rings is 1. The van der Waals surface area contributed by atoms with Crippen molar-refractivity contribution in [3.05, 3.63) is 66.5 Å². The van der Waals surface area contributed by atoms with E-state index >= 15 is 0 Å². The molecule has 0 saturated carbocycles. The third-order valence-electron chi connectivity index (χ3n) is 4.04. The first kappa shape index (κ1) is 18.7. The van der Waals surface area contributed by atoms with Crippen LogP contribution in [0.3, 0.4) is 0 Å². The van der Waals surface area contributed by atoms with Crippen LogP contribution in [0.4, 0.5) is 5.69 Å². The van der Waals surface area contributed by atoms with Crippen molar-refractivity contribution < 1.29 is 17.9 Å². The van der Waals surface area contributed by atoms with Crippen molar-refractivity contribution >= 4 is 15.7 Å². The Morgan fingerprint density at radius 1 is 0.889 bits per heavy atom. The van der Waals surface area contributed by atoms with Gasteiger partial charge in [0.15, 0.2) is 0 Å². The Labute approximate surface area is 158 Å². The van der Waals surface area contributed by atoms with Crippen molar-refractivity contribution in [3.63, 3.8) is 0 Å². The lowest BCUT2D eigenvalue weighted by molar-refractivity contribution is 0.392. The fourth-order valence-corrected chi connectivity index (χ4v) is 3.82. The predicted molar refractivity (Wildman–Crippen MR) is 105 cm³/mol. The van der Waals surface area contributed by atoms with Crippen molar-refractivity contribution in [1.29, 1.82) is 0 Å². The molecular formula is C20H20N2O4S. The molecule has 3 rings (SSSR count). The van der Waals surface area contributed by atoms with Gasteiger partial charge in [-0.25, -0.2) is 8.42 Å². The molecule has 3 aromatic rings. The summed E-state index contributed by atoms with van der Waals surface area (Å²) in [6.45, 7) is 2.01. The molecule has 6 nitrogen and oxygen atoms in total. The summed E-state index contributed by atoms with van der Waals surface area (Å²) >= 11 is 0. The first-order valence-electron chi connectivity index (χ1n) is 8.20. The highest BCUT2D eigenvalue weighted by Gasteiger charge is 2.21. The zero-order valence-corrected chi connectivity index (χ0v) is 16.1. The summed E-state index contributed by atoms with van der Waals surface area (Å²) in [7, 11) is -0.999. The van der Waals surface area contributed by atoms with E-state index in [-0.39, 0.29) is 10.6 Å². The Morgan fingerprint density at radius 2 is 1.63 bits per heavy atom. The number of ether oxygens (including phenoxy) is 2. The zero-order chi connectivity index (χ0) is 19.4. The molecular weight excluding hydrogens is 364 g/mol. The number of hydrogen-bond donors (Lipinski definition) is 1. The minimum absolute atomic E-state index is 0.00918. The van der Waals surface area contributed by atoms with Crippen molar-refractivity contribution in [3.8, 4) is 22.6 Å². The molecule has 27 heavy (non-hydrogen) atoms. The van der Waals surface area contributed by atoms with Gasteiger partial charge in [-0.05, 0) is 30.7 Å². The normalized spacial score (nSPS) is 11.1. The molecule has 0 unspecified atom stereocenters. The highest BCUT2D eigenvalue weighted by molar-refractivity contribution is 7.92. The second-order valence-electron chi connectivity index (χ2n) is 5.95. The van der Waals surface area contributed by atoms with E-state index in [1.54, 1.807) is 24.4 Å². The number of anilines is 1. The molecule has 0 aliphatic carbocycles. The lowest BCUT2D eigenvalue weighted by Crippen LogP contribution is -2.14. The van der Waals surface area contributed by atoms with Crippen LogP contribution in [0.2, 0.25) is 0 Å². The van der Waals surface area contributed by atoms with Crippen molar-refractivity contribution in [2.24, 2.45) is 0 Å².